The highest BCUT2D eigenvalue weighted by molar-refractivity contribution is 6.12. The van der Waals surface area contributed by atoms with Gasteiger partial charge in [0.1, 0.15) is 6.10 Å². The molecule has 0 aromatic carbocycles. The number of hydrogen-bond acceptors (Lipinski definition) is 6. The van der Waals surface area contributed by atoms with Crippen molar-refractivity contribution in [3.05, 3.63) is 23.3 Å². The molecule has 0 radical (unpaired) electrons. The first-order valence-corrected chi connectivity index (χ1v) is 9.47. The number of ether oxygens (including phenoxy) is 2. The minimum atomic E-state index is -0.900. The quantitative estimate of drug-likeness (QED) is 0.517. The summed E-state index contributed by atoms with van der Waals surface area (Å²) < 4.78 is 10.4. The summed E-state index contributed by atoms with van der Waals surface area (Å²) in [5.74, 6) is -3.11. The molecule has 1 heterocycles. The van der Waals surface area contributed by atoms with E-state index in [0.29, 0.717) is 18.4 Å². The van der Waals surface area contributed by atoms with E-state index < -0.39 is 29.1 Å². The molecule has 1 saturated carbocycles. The molecule has 1 saturated heterocycles. The van der Waals surface area contributed by atoms with Crippen LogP contribution in [0, 0.1) is 35.0 Å². The molecule has 0 amide bonds. The molecule has 6 nitrogen and oxygen atoms in total. The van der Waals surface area contributed by atoms with Crippen molar-refractivity contribution in [3.8, 4) is 0 Å². The summed E-state index contributed by atoms with van der Waals surface area (Å²) in [6, 6.07) is 0. The van der Waals surface area contributed by atoms with E-state index in [1.54, 1.807) is 6.92 Å². The van der Waals surface area contributed by atoms with Crippen molar-refractivity contribution in [2.24, 2.45) is 35.0 Å². The Bertz CT molecular complexity index is 821. The summed E-state index contributed by atoms with van der Waals surface area (Å²) >= 11 is 0. The van der Waals surface area contributed by atoms with Crippen molar-refractivity contribution in [3.63, 3.8) is 0 Å². The van der Waals surface area contributed by atoms with Gasteiger partial charge in [0, 0.05) is 17.3 Å². The van der Waals surface area contributed by atoms with Crippen molar-refractivity contribution in [2.75, 3.05) is 7.11 Å². The predicted octanol–water partition coefficient (Wildman–Crippen LogP) is 2.02. The number of rotatable bonds is 1. The van der Waals surface area contributed by atoms with Gasteiger partial charge in [-0.1, -0.05) is 18.6 Å². The molecule has 1 aliphatic heterocycles. The molecule has 0 aromatic heterocycles. The fourth-order valence-electron chi connectivity index (χ4n) is 5.86. The molecule has 4 aliphatic rings. The van der Waals surface area contributed by atoms with E-state index in [1.807, 2.05) is 19.9 Å². The maximum Gasteiger partial charge on any atom is 0.310 e. The second kappa shape index (κ2) is 5.88. The monoisotopic (exact) mass is 372 g/mol. The number of carbonyl (C=O) groups is 4. The first-order chi connectivity index (χ1) is 12.7. The Labute approximate surface area is 158 Å². The molecule has 0 aromatic rings. The summed E-state index contributed by atoms with van der Waals surface area (Å²) in [6.45, 7) is 5.35. The lowest BCUT2D eigenvalue weighted by Crippen LogP contribution is -2.55. The molecule has 0 bridgehead atoms. The van der Waals surface area contributed by atoms with E-state index in [4.69, 9.17) is 9.47 Å². The number of Topliss-reactive ketones (excluding diaryl/α,β-unsaturated/α-hetero) is 1. The topological polar surface area (TPSA) is 86.7 Å². The Kier molecular flexibility index (Phi) is 3.95. The molecule has 3 aliphatic carbocycles. The number of allylic oxidation sites excluding steroid dienone is 3. The second-order valence-electron chi connectivity index (χ2n) is 8.44. The summed E-state index contributed by atoms with van der Waals surface area (Å²) in [4.78, 5) is 50.8. The van der Waals surface area contributed by atoms with Crippen LogP contribution >= 0.6 is 0 Å². The van der Waals surface area contributed by atoms with Crippen molar-refractivity contribution < 1.29 is 28.7 Å². The molecular formula is C21H24O6. The standard InChI is InChI=1S/C21H24O6/c1-9-7-15(22)21(3)13(18(9)23)6-5-11-14(21)8-12(19(24)26-4)17-16(11)10(2)27-20(17)25/h5,7,10,12-14,16-17H,6,8H2,1-4H3/t10-,12-,13-,14-,16+,17-,21+/m0/s1. The molecular weight excluding hydrogens is 348 g/mol. The maximum atomic E-state index is 13.1. The van der Waals surface area contributed by atoms with Gasteiger partial charge in [-0.05, 0) is 44.3 Å². The number of hydrogen-bond donors (Lipinski definition) is 0. The third kappa shape index (κ3) is 2.25. The van der Waals surface area contributed by atoms with Gasteiger partial charge in [0.25, 0.3) is 0 Å². The van der Waals surface area contributed by atoms with Gasteiger partial charge < -0.3 is 9.47 Å². The summed E-state index contributed by atoms with van der Waals surface area (Å²) in [5.41, 5.74) is 0.583. The summed E-state index contributed by atoms with van der Waals surface area (Å²) in [7, 11) is 1.30. The zero-order valence-corrected chi connectivity index (χ0v) is 16.0. The lowest BCUT2D eigenvalue weighted by molar-refractivity contribution is -0.158. The highest BCUT2D eigenvalue weighted by Crippen LogP contribution is 2.60. The highest BCUT2D eigenvalue weighted by atomic mass is 16.6. The van der Waals surface area contributed by atoms with Crippen LogP contribution in [0.1, 0.15) is 33.6 Å². The van der Waals surface area contributed by atoms with Gasteiger partial charge in [-0.25, -0.2) is 0 Å². The fourth-order valence-corrected chi connectivity index (χ4v) is 5.86. The molecule has 0 unspecified atom stereocenters. The summed E-state index contributed by atoms with van der Waals surface area (Å²) in [6.07, 6.45) is 3.90. The van der Waals surface area contributed by atoms with Gasteiger partial charge in [0.2, 0.25) is 0 Å². The zero-order valence-electron chi connectivity index (χ0n) is 16.0. The lowest BCUT2D eigenvalue weighted by atomic mass is 9.48. The van der Waals surface area contributed by atoms with Gasteiger partial charge >= 0.3 is 11.9 Å². The average molecular weight is 372 g/mol. The Morgan fingerprint density at radius 3 is 2.59 bits per heavy atom. The van der Waals surface area contributed by atoms with Crippen LogP contribution in [0.25, 0.3) is 0 Å². The molecule has 6 heteroatoms. The minimum Gasteiger partial charge on any atom is -0.469 e. The van der Waals surface area contributed by atoms with Crippen LogP contribution in [0.3, 0.4) is 0 Å². The van der Waals surface area contributed by atoms with Crippen LogP contribution in [-0.4, -0.2) is 36.7 Å². The van der Waals surface area contributed by atoms with Gasteiger partial charge in [-0.15, -0.1) is 0 Å². The average Bonchev–Trinajstić information content (AvgIpc) is 2.94. The Morgan fingerprint density at radius 1 is 1.22 bits per heavy atom. The van der Waals surface area contributed by atoms with Crippen LogP contribution in [-0.2, 0) is 28.7 Å². The normalized spacial score (nSPS) is 43.0. The molecule has 144 valence electrons. The van der Waals surface area contributed by atoms with Gasteiger partial charge in [-0.3, -0.25) is 19.2 Å². The van der Waals surface area contributed by atoms with E-state index in [1.165, 1.54) is 13.2 Å². The van der Waals surface area contributed by atoms with Crippen LogP contribution in [0.5, 0.6) is 0 Å². The smallest absolute Gasteiger partial charge is 0.310 e. The maximum absolute atomic E-state index is 13.1. The Hall–Kier alpha value is -2.24. The molecule has 27 heavy (non-hydrogen) atoms. The van der Waals surface area contributed by atoms with E-state index in [0.717, 1.165) is 5.57 Å². The van der Waals surface area contributed by atoms with Gasteiger partial charge in [0.05, 0.1) is 18.9 Å². The van der Waals surface area contributed by atoms with E-state index in [2.05, 4.69) is 0 Å². The largest absolute Gasteiger partial charge is 0.469 e. The fraction of sp³-hybridized carbons (Fsp3) is 0.619. The third-order valence-electron chi connectivity index (χ3n) is 7.30. The number of cyclic esters (lactones) is 1. The number of carbonyl (C=O) groups excluding carboxylic acids is 4. The van der Waals surface area contributed by atoms with Crippen LogP contribution < -0.4 is 0 Å². The third-order valence-corrected chi connectivity index (χ3v) is 7.30. The van der Waals surface area contributed by atoms with Crippen molar-refractivity contribution >= 4 is 23.5 Å². The number of esters is 2. The lowest BCUT2D eigenvalue weighted by Gasteiger charge is -2.52. The molecule has 7 atom stereocenters. The predicted molar refractivity (Wildman–Crippen MR) is 94.2 cm³/mol. The van der Waals surface area contributed by atoms with Crippen molar-refractivity contribution in [1.29, 1.82) is 0 Å². The van der Waals surface area contributed by atoms with E-state index >= 15 is 0 Å². The molecule has 0 N–H and O–H groups in total. The first-order valence-electron chi connectivity index (χ1n) is 9.47. The van der Waals surface area contributed by atoms with Crippen LogP contribution in [0.4, 0.5) is 0 Å². The van der Waals surface area contributed by atoms with Crippen molar-refractivity contribution in [2.45, 2.75) is 39.7 Å². The number of methoxy groups -OCH3 is 1. The number of fused-ring (bicyclic) bond motifs is 5. The molecule has 4 rings (SSSR count). The number of ketones is 2. The van der Waals surface area contributed by atoms with Gasteiger partial charge in [0.15, 0.2) is 11.6 Å². The zero-order chi connectivity index (χ0) is 19.7. The van der Waals surface area contributed by atoms with E-state index in [9.17, 15) is 19.2 Å². The first kappa shape index (κ1) is 18.1. The van der Waals surface area contributed by atoms with E-state index in [-0.39, 0.29) is 35.5 Å². The van der Waals surface area contributed by atoms with Crippen molar-refractivity contribution in [1.82, 2.24) is 0 Å². The molecule has 0 spiro atoms. The highest BCUT2D eigenvalue weighted by Gasteiger charge is 2.63. The Morgan fingerprint density at radius 2 is 1.93 bits per heavy atom. The summed E-state index contributed by atoms with van der Waals surface area (Å²) in [5, 5.41) is 0. The second-order valence-corrected chi connectivity index (χ2v) is 8.44. The van der Waals surface area contributed by atoms with Crippen LogP contribution in [0.15, 0.2) is 23.3 Å². The molecule has 2 fully saturated rings. The minimum absolute atomic E-state index is 0.00376. The van der Waals surface area contributed by atoms with Crippen LogP contribution in [0.2, 0.25) is 0 Å². The Balaban J connectivity index is 1.85. The van der Waals surface area contributed by atoms with Gasteiger partial charge in [-0.2, -0.15) is 0 Å². The SMILES string of the molecule is COC(=O)[C@H]1C[C@H]2C(=CC[C@H]3C(=O)C(C)=CC(=O)[C@]32C)[C@@H]2[C@H]1C(=O)O[C@H]2C.